The number of phenolic OH excluding ortho intramolecular Hbond substituents is 1. The molecule has 156 valence electrons. The number of nitrogens with two attached hydrogens (primary N) is 1. The summed E-state index contributed by atoms with van der Waals surface area (Å²) in [5, 5.41) is 10.7. The van der Waals surface area contributed by atoms with Gasteiger partial charge in [-0.25, -0.2) is 0 Å². The number of halogens is 2. The number of nitrogen functional groups attached to an aromatic ring is 1. The average Bonchev–Trinajstić information content (AvgIpc) is 2.65. The van der Waals surface area contributed by atoms with E-state index in [1.807, 2.05) is 57.2 Å². The summed E-state index contributed by atoms with van der Waals surface area (Å²) in [6.07, 6.45) is 0. The largest absolute Gasteiger partial charge is 0.508 e. The van der Waals surface area contributed by atoms with Gasteiger partial charge in [-0.15, -0.1) is 0 Å². The number of anilines is 2. The van der Waals surface area contributed by atoms with Crippen LogP contribution in [0.3, 0.4) is 0 Å². The highest BCUT2D eigenvalue weighted by molar-refractivity contribution is 6.41. The van der Waals surface area contributed by atoms with Crippen LogP contribution < -0.4 is 10.6 Å². The van der Waals surface area contributed by atoms with E-state index in [0.29, 0.717) is 17.9 Å². The molecule has 0 fully saturated rings. The molecule has 3 rings (SSSR count). The van der Waals surface area contributed by atoms with E-state index in [2.05, 4.69) is 0 Å². The van der Waals surface area contributed by atoms with Crippen molar-refractivity contribution < 1.29 is 9.90 Å². The molecule has 0 aliphatic rings. The van der Waals surface area contributed by atoms with Crippen molar-refractivity contribution in [1.29, 1.82) is 0 Å². The molecule has 0 spiro atoms. The van der Waals surface area contributed by atoms with E-state index in [1.165, 1.54) is 12.1 Å². The smallest absolute Gasteiger partial charge is 0.261 e. The van der Waals surface area contributed by atoms with Gasteiger partial charge in [-0.2, -0.15) is 0 Å². The molecule has 0 aromatic heterocycles. The molecule has 4 nitrogen and oxygen atoms in total. The van der Waals surface area contributed by atoms with Gasteiger partial charge in [-0.1, -0.05) is 74.3 Å². The van der Waals surface area contributed by atoms with Gasteiger partial charge >= 0.3 is 0 Å². The fourth-order valence-corrected chi connectivity index (χ4v) is 3.94. The number of benzene rings is 3. The zero-order valence-corrected chi connectivity index (χ0v) is 18.6. The fourth-order valence-electron chi connectivity index (χ4n) is 3.27. The molecule has 0 bridgehead atoms. The minimum Gasteiger partial charge on any atom is -0.508 e. The first kappa shape index (κ1) is 22.0. The summed E-state index contributed by atoms with van der Waals surface area (Å²) in [7, 11) is 0. The van der Waals surface area contributed by atoms with E-state index in [4.69, 9.17) is 28.9 Å². The van der Waals surface area contributed by atoms with Gasteiger partial charge in [-0.05, 0) is 41.3 Å². The van der Waals surface area contributed by atoms with Gasteiger partial charge in [0, 0.05) is 16.9 Å². The van der Waals surface area contributed by atoms with Gasteiger partial charge in [0.25, 0.3) is 5.91 Å². The summed E-state index contributed by atoms with van der Waals surface area (Å²) in [6.45, 7) is 6.32. The normalized spacial score (nSPS) is 11.4. The highest BCUT2D eigenvalue weighted by Gasteiger charge is 2.26. The molecule has 3 aromatic rings. The Labute approximate surface area is 186 Å². The number of aromatic hydroxyl groups is 1. The van der Waals surface area contributed by atoms with E-state index < -0.39 is 0 Å². The van der Waals surface area contributed by atoms with E-state index in [0.717, 1.165) is 11.1 Å². The molecule has 0 aliphatic carbocycles. The van der Waals surface area contributed by atoms with Crippen LogP contribution in [-0.4, -0.2) is 11.0 Å². The Balaban J connectivity index is 2.14. The van der Waals surface area contributed by atoms with Crippen molar-refractivity contribution in [2.45, 2.75) is 32.7 Å². The number of carbonyl (C=O) groups is 1. The van der Waals surface area contributed by atoms with Crippen LogP contribution in [0.4, 0.5) is 11.4 Å². The topological polar surface area (TPSA) is 66.6 Å². The van der Waals surface area contributed by atoms with Crippen molar-refractivity contribution in [2.75, 3.05) is 10.6 Å². The molecule has 0 atom stereocenters. The lowest BCUT2D eigenvalue weighted by atomic mass is 9.86. The van der Waals surface area contributed by atoms with E-state index >= 15 is 0 Å². The minimum absolute atomic E-state index is 0.182. The monoisotopic (exact) mass is 442 g/mol. The lowest BCUT2D eigenvalue weighted by Crippen LogP contribution is -2.31. The number of hydrogen-bond donors (Lipinski definition) is 2. The van der Waals surface area contributed by atoms with Crippen LogP contribution in [-0.2, 0) is 12.0 Å². The van der Waals surface area contributed by atoms with E-state index in [1.54, 1.807) is 17.0 Å². The second-order valence-electron chi connectivity index (χ2n) is 8.19. The lowest BCUT2D eigenvalue weighted by Gasteiger charge is -2.27. The molecular formula is C24H24Cl2N2O2. The molecule has 3 N–H and O–H groups in total. The van der Waals surface area contributed by atoms with Crippen LogP contribution in [0, 0.1) is 0 Å². The molecule has 0 radical (unpaired) electrons. The second kappa shape index (κ2) is 8.58. The first-order chi connectivity index (χ1) is 14.1. The summed E-state index contributed by atoms with van der Waals surface area (Å²) in [6, 6.07) is 17.8. The standard InChI is InChI=1S/C24H24Cl2N2O2/c1-24(2,3)18-13-17(9-10-21(18)29)28(14-15-7-5-4-6-8-15)23(30)22-19(25)11-16(27)12-20(22)26/h4-13,29H,14,27H2,1-3H3. The molecule has 0 saturated carbocycles. The Hall–Kier alpha value is -2.69. The maximum atomic E-state index is 13.6. The number of amides is 1. The number of carbonyl (C=O) groups excluding carboxylic acids is 1. The zero-order valence-electron chi connectivity index (χ0n) is 17.1. The first-order valence-electron chi connectivity index (χ1n) is 9.51. The van der Waals surface area contributed by atoms with Gasteiger partial charge in [0.2, 0.25) is 0 Å². The Morgan fingerprint density at radius 3 is 2.17 bits per heavy atom. The zero-order chi connectivity index (χ0) is 22.1. The molecule has 0 aliphatic heterocycles. The van der Waals surface area contributed by atoms with E-state index in [-0.39, 0.29) is 32.7 Å². The van der Waals surface area contributed by atoms with Crippen molar-refractivity contribution in [1.82, 2.24) is 0 Å². The number of phenols is 1. The van der Waals surface area contributed by atoms with E-state index in [9.17, 15) is 9.90 Å². The van der Waals surface area contributed by atoms with Crippen molar-refractivity contribution in [3.8, 4) is 5.75 Å². The van der Waals surface area contributed by atoms with Gasteiger partial charge in [0.05, 0.1) is 22.2 Å². The number of hydrogen-bond acceptors (Lipinski definition) is 3. The molecule has 6 heteroatoms. The summed E-state index contributed by atoms with van der Waals surface area (Å²) < 4.78 is 0. The lowest BCUT2D eigenvalue weighted by molar-refractivity contribution is 0.0985. The summed E-state index contributed by atoms with van der Waals surface area (Å²) in [5.74, 6) is -0.165. The Morgan fingerprint density at radius 2 is 1.60 bits per heavy atom. The number of rotatable bonds is 4. The molecule has 30 heavy (non-hydrogen) atoms. The van der Waals surface area contributed by atoms with Crippen LogP contribution >= 0.6 is 23.2 Å². The highest BCUT2D eigenvalue weighted by atomic mass is 35.5. The molecular weight excluding hydrogens is 419 g/mol. The molecule has 0 heterocycles. The van der Waals surface area contributed by atoms with Crippen molar-refractivity contribution in [3.05, 3.63) is 87.4 Å². The highest BCUT2D eigenvalue weighted by Crippen LogP contribution is 2.36. The van der Waals surface area contributed by atoms with Crippen LogP contribution in [0.25, 0.3) is 0 Å². The maximum absolute atomic E-state index is 13.6. The Kier molecular flexibility index (Phi) is 6.30. The second-order valence-corrected chi connectivity index (χ2v) is 9.00. The van der Waals surface area contributed by atoms with Crippen LogP contribution in [0.1, 0.15) is 42.3 Å². The predicted molar refractivity (Wildman–Crippen MR) is 125 cm³/mol. The van der Waals surface area contributed by atoms with Crippen molar-refractivity contribution >= 4 is 40.5 Å². The van der Waals surface area contributed by atoms with Crippen LogP contribution in [0.2, 0.25) is 10.0 Å². The fraction of sp³-hybridized carbons (Fsp3) is 0.208. The molecule has 1 amide bonds. The third kappa shape index (κ3) is 4.72. The van der Waals surface area contributed by atoms with Gasteiger partial charge < -0.3 is 15.7 Å². The van der Waals surface area contributed by atoms with Crippen LogP contribution in [0.15, 0.2) is 60.7 Å². The average molecular weight is 443 g/mol. The van der Waals surface area contributed by atoms with Gasteiger partial charge in [0.15, 0.2) is 0 Å². The molecule has 0 saturated heterocycles. The van der Waals surface area contributed by atoms with Gasteiger partial charge in [0.1, 0.15) is 5.75 Å². The van der Waals surface area contributed by atoms with Crippen LogP contribution in [0.5, 0.6) is 5.75 Å². The summed E-state index contributed by atoms with van der Waals surface area (Å²) >= 11 is 12.7. The SMILES string of the molecule is CC(C)(C)c1cc(N(Cc2ccccc2)C(=O)c2c(Cl)cc(N)cc2Cl)ccc1O. The Morgan fingerprint density at radius 1 is 1.00 bits per heavy atom. The summed E-state index contributed by atoms with van der Waals surface area (Å²) in [5.41, 5.74) is 8.38. The predicted octanol–water partition coefficient (Wildman–Crippen LogP) is 6.43. The minimum atomic E-state index is -0.348. The molecule has 0 unspecified atom stereocenters. The number of nitrogens with zero attached hydrogens (tertiary/aromatic N) is 1. The van der Waals surface area contributed by atoms with Gasteiger partial charge in [-0.3, -0.25) is 4.79 Å². The maximum Gasteiger partial charge on any atom is 0.261 e. The van der Waals surface area contributed by atoms with Crippen molar-refractivity contribution in [2.24, 2.45) is 0 Å². The third-order valence-corrected chi connectivity index (χ3v) is 5.40. The van der Waals surface area contributed by atoms with Crippen molar-refractivity contribution in [3.63, 3.8) is 0 Å². The quantitative estimate of drug-likeness (QED) is 0.457. The molecule has 3 aromatic carbocycles. The third-order valence-electron chi connectivity index (χ3n) is 4.81. The Bertz CT molecular complexity index is 1050. The first-order valence-corrected chi connectivity index (χ1v) is 10.3. The summed E-state index contributed by atoms with van der Waals surface area (Å²) in [4.78, 5) is 15.2.